The molecule has 41 heavy (non-hydrogen) atoms. The van der Waals surface area contributed by atoms with E-state index in [2.05, 4.69) is 10.6 Å². The number of hydrogen-bond donors (Lipinski definition) is 7. The molecule has 2 atom stereocenters. The Labute approximate surface area is 244 Å². The third kappa shape index (κ3) is 24.8. The van der Waals surface area contributed by atoms with Gasteiger partial charge in [0, 0.05) is 25.8 Å². The van der Waals surface area contributed by atoms with E-state index in [4.69, 9.17) is 15.4 Å². The van der Waals surface area contributed by atoms with Gasteiger partial charge in [-0.3, -0.25) is 19.2 Å². The van der Waals surface area contributed by atoms with Crippen LogP contribution in [0.4, 0.5) is 0 Å². The molecule has 0 aromatic rings. The standard InChI is InChI=1S/C29H53N3O9/c33-25(30-22-16-15-17-24(32-41)29(39)40)21-20-23(28(37)38)31-26(34)18-13-11-9-7-5-3-1-2-4-6-8-10-12-14-19-27(35)36/h23-24,32,41H,1-22H2,(H,30,33)(H,31,34)(H,35,36)(H,37,38)(H,39,40)/t23-,24-/m0/s1. The van der Waals surface area contributed by atoms with Gasteiger partial charge in [-0.05, 0) is 38.5 Å². The molecule has 0 aliphatic carbocycles. The van der Waals surface area contributed by atoms with E-state index in [9.17, 15) is 29.1 Å². The van der Waals surface area contributed by atoms with Crippen molar-refractivity contribution in [3.05, 3.63) is 0 Å². The molecular weight excluding hydrogens is 534 g/mol. The number of carbonyl (C=O) groups is 5. The van der Waals surface area contributed by atoms with Gasteiger partial charge in [-0.25, -0.2) is 4.79 Å². The lowest BCUT2D eigenvalue weighted by Crippen LogP contribution is -2.41. The highest BCUT2D eigenvalue weighted by Gasteiger charge is 2.21. The van der Waals surface area contributed by atoms with Gasteiger partial charge < -0.3 is 31.2 Å². The van der Waals surface area contributed by atoms with E-state index in [-0.39, 0.29) is 43.9 Å². The number of aliphatic carboxylic acids is 3. The summed E-state index contributed by atoms with van der Waals surface area (Å²) in [6, 6.07) is -2.19. The molecule has 0 heterocycles. The molecule has 0 unspecified atom stereocenters. The molecule has 0 saturated heterocycles. The molecule has 0 saturated carbocycles. The molecule has 12 heteroatoms. The Morgan fingerprint density at radius 2 is 0.951 bits per heavy atom. The third-order valence-electron chi connectivity index (χ3n) is 7.03. The Bertz CT molecular complexity index is 749. The molecule has 0 spiro atoms. The van der Waals surface area contributed by atoms with Gasteiger partial charge in [-0.1, -0.05) is 77.0 Å². The van der Waals surface area contributed by atoms with E-state index in [1.165, 1.54) is 44.9 Å². The molecule has 0 aromatic heterocycles. The van der Waals surface area contributed by atoms with Crippen molar-refractivity contribution in [2.75, 3.05) is 6.54 Å². The predicted molar refractivity (Wildman–Crippen MR) is 154 cm³/mol. The van der Waals surface area contributed by atoms with E-state index in [0.29, 0.717) is 25.8 Å². The maximum absolute atomic E-state index is 12.2. The lowest BCUT2D eigenvalue weighted by molar-refractivity contribution is -0.143. The summed E-state index contributed by atoms with van der Waals surface area (Å²) in [5.74, 6) is -3.73. The SMILES string of the molecule is O=C(O)CCCCCCCCCCCCCCCCC(=O)N[C@@H](CCC(=O)NCCCC[C@H](NO)C(=O)O)C(=O)O. The maximum Gasteiger partial charge on any atom is 0.326 e. The smallest absolute Gasteiger partial charge is 0.326 e. The molecule has 0 fully saturated rings. The predicted octanol–water partition coefficient (Wildman–Crippen LogP) is 4.38. The lowest BCUT2D eigenvalue weighted by atomic mass is 10.0. The summed E-state index contributed by atoms with van der Waals surface area (Å²) in [7, 11) is 0. The normalized spacial score (nSPS) is 12.4. The zero-order valence-electron chi connectivity index (χ0n) is 24.5. The molecule has 238 valence electrons. The Balaban J connectivity index is 3.73. The minimum absolute atomic E-state index is 0.0186. The number of hydroxylamine groups is 1. The van der Waals surface area contributed by atoms with Crippen LogP contribution in [0.15, 0.2) is 0 Å². The topological polar surface area (TPSA) is 202 Å². The Kier molecular flexibility index (Phi) is 24.4. The van der Waals surface area contributed by atoms with Gasteiger partial charge in [-0.15, -0.1) is 0 Å². The first-order chi connectivity index (χ1) is 19.7. The first-order valence-corrected chi connectivity index (χ1v) is 15.3. The lowest BCUT2D eigenvalue weighted by Gasteiger charge is -2.14. The third-order valence-corrected chi connectivity index (χ3v) is 7.03. The number of carboxylic acids is 3. The van der Waals surface area contributed by atoms with Gasteiger partial charge >= 0.3 is 17.9 Å². The van der Waals surface area contributed by atoms with Gasteiger partial charge in [0.05, 0.1) is 0 Å². The Morgan fingerprint density at radius 3 is 1.39 bits per heavy atom. The summed E-state index contributed by atoms with van der Waals surface area (Å²) in [6.07, 6.45) is 16.8. The summed E-state index contributed by atoms with van der Waals surface area (Å²) in [4.78, 5) is 56.9. The fourth-order valence-electron chi connectivity index (χ4n) is 4.52. The molecule has 12 nitrogen and oxygen atoms in total. The van der Waals surface area contributed by atoms with Gasteiger partial charge in [0.15, 0.2) is 0 Å². The maximum atomic E-state index is 12.2. The van der Waals surface area contributed by atoms with Crippen LogP contribution in [0.1, 0.15) is 135 Å². The van der Waals surface area contributed by atoms with E-state index in [0.717, 1.165) is 38.5 Å². The molecule has 0 aromatic carbocycles. The first kappa shape index (κ1) is 38.3. The number of nitrogens with one attached hydrogen (secondary N) is 3. The van der Waals surface area contributed by atoms with Crippen LogP contribution in [0, 0.1) is 0 Å². The quantitative estimate of drug-likeness (QED) is 0.0486. The minimum atomic E-state index is -1.18. The molecule has 0 bridgehead atoms. The van der Waals surface area contributed by atoms with E-state index in [1.807, 2.05) is 0 Å². The van der Waals surface area contributed by atoms with Gasteiger partial charge in [0.25, 0.3) is 0 Å². The summed E-state index contributed by atoms with van der Waals surface area (Å²) < 4.78 is 0. The number of carboxylic acid groups (broad SMARTS) is 3. The molecule has 0 rings (SSSR count). The van der Waals surface area contributed by atoms with Crippen molar-refractivity contribution in [1.82, 2.24) is 16.1 Å². The van der Waals surface area contributed by atoms with Crippen LogP contribution in [-0.4, -0.2) is 68.9 Å². The minimum Gasteiger partial charge on any atom is -0.481 e. The summed E-state index contributed by atoms with van der Waals surface area (Å²) >= 11 is 0. The number of hydrogen-bond acceptors (Lipinski definition) is 7. The molecular formula is C29H53N3O9. The van der Waals surface area contributed by atoms with Crippen molar-refractivity contribution in [2.24, 2.45) is 0 Å². The number of amides is 2. The average molecular weight is 588 g/mol. The van der Waals surface area contributed by atoms with E-state index in [1.54, 1.807) is 5.48 Å². The first-order valence-electron chi connectivity index (χ1n) is 15.3. The second kappa shape index (κ2) is 26.2. The van der Waals surface area contributed by atoms with Crippen LogP contribution >= 0.6 is 0 Å². The van der Waals surface area contributed by atoms with Crippen LogP contribution in [0.2, 0.25) is 0 Å². The fraction of sp³-hybridized carbons (Fsp3) is 0.828. The largest absolute Gasteiger partial charge is 0.481 e. The molecule has 7 N–H and O–H groups in total. The highest BCUT2D eigenvalue weighted by Crippen LogP contribution is 2.14. The average Bonchev–Trinajstić information content (AvgIpc) is 2.92. The van der Waals surface area contributed by atoms with Crippen molar-refractivity contribution in [1.29, 1.82) is 0 Å². The highest BCUT2D eigenvalue weighted by molar-refractivity contribution is 5.84. The molecule has 2 amide bonds. The van der Waals surface area contributed by atoms with Crippen LogP contribution in [0.25, 0.3) is 0 Å². The Hall–Kier alpha value is -2.73. The van der Waals surface area contributed by atoms with Crippen LogP contribution in [0.5, 0.6) is 0 Å². The van der Waals surface area contributed by atoms with E-state index >= 15 is 0 Å². The van der Waals surface area contributed by atoms with Gasteiger partial charge in [0.1, 0.15) is 12.1 Å². The zero-order valence-corrected chi connectivity index (χ0v) is 24.5. The Morgan fingerprint density at radius 1 is 0.488 bits per heavy atom. The number of unbranched alkanes of at least 4 members (excludes halogenated alkanes) is 14. The van der Waals surface area contributed by atoms with Crippen molar-refractivity contribution >= 4 is 29.7 Å². The summed E-state index contributed by atoms with van der Waals surface area (Å²) in [6.45, 7) is 0.305. The van der Waals surface area contributed by atoms with Crippen LogP contribution < -0.4 is 16.1 Å². The highest BCUT2D eigenvalue weighted by atomic mass is 16.5. The molecule has 0 aliphatic heterocycles. The second-order valence-corrected chi connectivity index (χ2v) is 10.7. The van der Waals surface area contributed by atoms with E-state index < -0.39 is 30.0 Å². The van der Waals surface area contributed by atoms with Crippen LogP contribution in [0.3, 0.4) is 0 Å². The van der Waals surface area contributed by atoms with Gasteiger partial charge in [-0.2, -0.15) is 5.48 Å². The number of rotatable bonds is 29. The van der Waals surface area contributed by atoms with Crippen molar-refractivity contribution in [3.8, 4) is 0 Å². The molecule has 0 radical (unpaired) electrons. The van der Waals surface area contributed by atoms with Gasteiger partial charge in [0.2, 0.25) is 11.8 Å². The van der Waals surface area contributed by atoms with Crippen LogP contribution in [-0.2, 0) is 24.0 Å². The fourth-order valence-corrected chi connectivity index (χ4v) is 4.52. The van der Waals surface area contributed by atoms with Crippen molar-refractivity contribution in [2.45, 2.75) is 147 Å². The summed E-state index contributed by atoms with van der Waals surface area (Å²) in [5.41, 5.74) is 1.71. The van der Waals surface area contributed by atoms with Crippen molar-refractivity contribution < 1.29 is 44.5 Å². The zero-order chi connectivity index (χ0) is 30.7. The monoisotopic (exact) mass is 587 g/mol. The molecule has 0 aliphatic rings. The van der Waals surface area contributed by atoms with Crippen molar-refractivity contribution in [3.63, 3.8) is 0 Å². The summed E-state index contributed by atoms with van der Waals surface area (Å²) in [5, 5.41) is 40.7. The number of carbonyl (C=O) groups excluding carboxylic acids is 2. The second-order valence-electron chi connectivity index (χ2n) is 10.7.